The molecule has 1 N–H and O–H groups in total. The molecule has 2 aromatic rings. The monoisotopic (exact) mass is 527 g/mol. The SMILES string of the molecule is CCC(=O)C([C@@H]1CNC[C@@H]1c1ccccc1)N1CCC2(CCN(Cc3ccc(C(F)(F)F)cc3)C2=O)CC1. The third-order valence-corrected chi connectivity index (χ3v) is 8.98. The number of Topliss-reactive ketones (excluding diaryl/α,β-unsaturated/α-hetero) is 1. The van der Waals surface area contributed by atoms with E-state index in [4.69, 9.17) is 0 Å². The molecular formula is C30H36F3N3O2. The van der Waals surface area contributed by atoms with Crippen molar-refractivity contribution < 1.29 is 22.8 Å². The third kappa shape index (κ3) is 5.25. The van der Waals surface area contributed by atoms with Gasteiger partial charge in [-0.2, -0.15) is 13.2 Å². The van der Waals surface area contributed by atoms with Crippen molar-refractivity contribution in [3.05, 3.63) is 71.3 Å². The number of alkyl halides is 3. The van der Waals surface area contributed by atoms with Crippen molar-refractivity contribution in [1.82, 2.24) is 15.1 Å². The minimum Gasteiger partial charge on any atom is -0.338 e. The van der Waals surface area contributed by atoms with Gasteiger partial charge in [0, 0.05) is 44.4 Å². The van der Waals surface area contributed by atoms with Crippen LogP contribution >= 0.6 is 0 Å². The van der Waals surface area contributed by atoms with Crippen molar-refractivity contribution in [3.8, 4) is 0 Å². The number of benzene rings is 2. The predicted octanol–water partition coefficient (Wildman–Crippen LogP) is 4.87. The van der Waals surface area contributed by atoms with E-state index in [9.17, 15) is 22.8 Å². The van der Waals surface area contributed by atoms with E-state index in [2.05, 4.69) is 22.3 Å². The summed E-state index contributed by atoms with van der Waals surface area (Å²) in [4.78, 5) is 30.9. The summed E-state index contributed by atoms with van der Waals surface area (Å²) in [6.45, 7) is 5.93. The molecule has 1 amide bonds. The summed E-state index contributed by atoms with van der Waals surface area (Å²) in [5, 5.41) is 3.51. The lowest BCUT2D eigenvalue weighted by molar-refractivity contribution is -0.140. The minimum absolute atomic E-state index is 0.0973. The van der Waals surface area contributed by atoms with Crippen LogP contribution in [0.4, 0.5) is 13.2 Å². The predicted molar refractivity (Wildman–Crippen MR) is 139 cm³/mol. The largest absolute Gasteiger partial charge is 0.416 e. The molecule has 0 bridgehead atoms. The summed E-state index contributed by atoms with van der Waals surface area (Å²) in [7, 11) is 0. The quantitative estimate of drug-likeness (QED) is 0.558. The van der Waals surface area contributed by atoms with Crippen molar-refractivity contribution in [2.45, 2.75) is 57.3 Å². The highest BCUT2D eigenvalue weighted by molar-refractivity contribution is 5.86. The molecule has 3 atom stereocenters. The Hall–Kier alpha value is -2.71. The van der Waals surface area contributed by atoms with Crippen LogP contribution in [0.3, 0.4) is 0 Å². The zero-order valence-electron chi connectivity index (χ0n) is 21.8. The molecule has 8 heteroatoms. The van der Waals surface area contributed by atoms with Gasteiger partial charge in [-0.15, -0.1) is 0 Å². The number of carbonyl (C=O) groups excluding carboxylic acids is 2. The summed E-state index contributed by atoms with van der Waals surface area (Å²) in [6.07, 6.45) is -1.71. The van der Waals surface area contributed by atoms with Crippen molar-refractivity contribution >= 4 is 11.7 Å². The van der Waals surface area contributed by atoms with Crippen molar-refractivity contribution in [2.24, 2.45) is 11.3 Å². The topological polar surface area (TPSA) is 52.7 Å². The molecule has 3 aliphatic heterocycles. The second kappa shape index (κ2) is 10.8. The molecule has 204 valence electrons. The van der Waals surface area contributed by atoms with Crippen molar-refractivity contribution in [3.63, 3.8) is 0 Å². The number of rotatable bonds is 7. The first-order valence-electron chi connectivity index (χ1n) is 13.7. The maximum absolute atomic E-state index is 13.5. The fraction of sp³-hybridized carbons (Fsp3) is 0.533. The van der Waals surface area contributed by atoms with Gasteiger partial charge in [0.25, 0.3) is 0 Å². The van der Waals surface area contributed by atoms with E-state index < -0.39 is 17.2 Å². The number of nitrogens with zero attached hydrogens (tertiary/aromatic N) is 2. The van der Waals surface area contributed by atoms with E-state index in [0.29, 0.717) is 51.0 Å². The average molecular weight is 528 g/mol. The van der Waals surface area contributed by atoms with Gasteiger partial charge in [0.2, 0.25) is 5.91 Å². The van der Waals surface area contributed by atoms with E-state index in [1.807, 2.05) is 25.1 Å². The van der Waals surface area contributed by atoms with E-state index in [1.54, 1.807) is 4.90 Å². The van der Waals surface area contributed by atoms with Crippen LogP contribution in [0.5, 0.6) is 0 Å². The molecule has 3 fully saturated rings. The standard InChI is InChI=1S/C30H36F3N3O2/c1-2-26(37)27(25-19-34-18-24(25)22-6-4-3-5-7-22)35-15-12-29(13-16-35)14-17-36(28(29)38)20-21-8-10-23(11-9-21)30(31,32)33/h3-11,24-25,27,34H,2,12-20H2,1H3/t24-,25-,27?/m1/s1. The summed E-state index contributed by atoms with van der Waals surface area (Å²) < 4.78 is 38.7. The van der Waals surface area contributed by atoms with E-state index >= 15 is 0 Å². The zero-order valence-corrected chi connectivity index (χ0v) is 21.8. The normalized spacial score (nSPS) is 24.7. The minimum atomic E-state index is -4.37. The van der Waals surface area contributed by atoms with Gasteiger partial charge in [-0.1, -0.05) is 49.4 Å². The second-order valence-corrected chi connectivity index (χ2v) is 11.1. The first-order chi connectivity index (χ1) is 18.2. The molecule has 0 saturated carbocycles. The van der Waals surface area contributed by atoms with Crippen LogP contribution in [-0.2, 0) is 22.3 Å². The van der Waals surface area contributed by atoms with Gasteiger partial charge in [-0.05, 0) is 55.6 Å². The highest BCUT2D eigenvalue weighted by Gasteiger charge is 2.50. The van der Waals surface area contributed by atoms with Gasteiger partial charge >= 0.3 is 6.18 Å². The number of halogens is 3. The fourth-order valence-corrected chi connectivity index (χ4v) is 6.78. The number of amides is 1. The Morgan fingerprint density at radius 1 is 1.00 bits per heavy atom. The molecule has 3 saturated heterocycles. The van der Waals surface area contributed by atoms with Crippen LogP contribution in [0.1, 0.15) is 55.2 Å². The lowest BCUT2D eigenvalue weighted by atomic mass is 9.75. The van der Waals surface area contributed by atoms with Crippen molar-refractivity contribution in [1.29, 1.82) is 0 Å². The number of hydrogen-bond acceptors (Lipinski definition) is 4. The first kappa shape index (κ1) is 26.9. The molecule has 3 aliphatic rings. The average Bonchev–Trinajstić information content (AvgIpc) is 3.51. The third-order valence-electron chi connectivity index (χ3n) is 8.98. The van der Waals surface area contributed by atoms with Crippen molar-refractivity contribution in [2.75, 3.05) is 32.7 Å². The Morgan fingerprint density at radius 3 is 2.29 bits per heavy atom. The molecular weight excluding hydrogens is 491 g/mol. The Morgan fingerprint density at radius 2 is 1.66 bits per heavy atom. The maximum Gasteiger partial charge on any atom is 0.416 e. The molecule has 0 aromatic heterocycles. The molecule has 1 spiro atoms. The van der Waals surface area contributed by atoms with Crippen LogP contribution in [0, 0.1) is 11.3 Å². The van der Waals surface area contributed by atoms with Gasteiger partial charge in [-0.25, -0.2) is 0 Å². The summed E-state index contributed by atoms with van der Waals surface area (Å²) in [5.74, 6) is 0.826. The molecule has 3 heterocycles. The summed E-state index contributed by atoms with van der Waals surface area (Å²) in [6, 6.07) is 15.3. The Bertz CT molecular complexity index is 1130. The van der Waals surface area contributed by atoms with Gasteiger partial charge in [0.1, 0.15) is 5.78 Å². The van der Waals surface area contributed by atoms with E-state index in [-0.39, 0.29) is 29.6 Å². The molecule has 38 heavy (non-hydrogen) atoms. The Balaban J connectivity index is 1.25. The Kier molecular flexibility index (Phi) is 7.65. The lowest BCUT2D eigenvalue weighted by Gasteiger charge is -2.43. The molecule has 0 radical (unpaired) electrons. The summed E-state index contributed by atoms with van der Waals surface area (Å²) >= 11 is 0. The molecule has 1 unspecified atom stereocenters. The molecule has 2 aromatic carbocycles. The van der Waals surface area contributed by atoms with Crippen LogP contribution in [-0.4, -0.2) is 60.3 Å². The number of hydrogen-bond donors (Lipinski definition) is 1. The fourth-order valence-electron chi connectivity index (χ4n) is 6.78. The van der Waals surface area contributed by atoms with Gasteiger partial charge in [0.05, 0.1) is 17.0 Å². The van der Waals surface area contributed by atoms with Crippen LogP contribution in [0.25, 0.3) is 0 Å². The molecule has 0 aliphatic carbocycles. The number of likely N-dealkylation sites (tertiary alicyclic amines) is 2. The Labute approximate surface area is 222 Å². The van der Waals surface area contributed by atoms with E-state index in [0.717, 1.165) is 31.6 Å². The number of carbonyl (C=O) groups is 2. The van der Waals surface area contributed by atoms with Crippen LogP contribution in [0.2, 0.25) is 0 Å². The van der Waals surface area contributed by atoms with Gasteiger partial charge < -0.3 is 10.2 Å². The highest BCUT2D eigenvalue weighted by atomic mass is 19.4. The molecule has 5 nitrogen and oxygen atoms in total. The molecule has 5 rings (SSSR count). The van der Waals surface area contributed by atoms with Crippen LogP contribution < -0.4 is 5.32 Å². The number of nitrogens with one attached hydrogen (secondary N) is 1. The van der Waals surface area contributed by atoms with Gasteiger partial charge in [0.15, 0.2) is 0 Å². The van der Waals surface area contributed by atoms with Gasteiger partial charge in [-0.3, -0.25) is 14.5 Å². The smallest absolute Gasteiger partial charge is 0.338 e. The summed E-state index contributed by atoms with van der Waals surface area (Å²) in [5.41, 5.74) is 0.848. The highest BCUT2D eigenvalue weighted by Crippen LogP contribution is 2.44. The lowest BCUT2D eigenvalue weighted by Crippen LogP contribution is -2.54. The first-order valence-corrected chi connectivity index (χ1v) is 13.7. The van der Waals surface area contributed by atoms with E-state index in [1.165, 1.54) is 17.7 Å². The zero-order chi connectivity index (χ0) is 26.9. The van der Waals surface area contributed by atoms with Crippen LogP contribution in [0.15, 0.2) is 54.6 Å². The maximum atomic E-state index is 13.5. The number of ketones is 1. The second-order valence-electron chi connectivity index (χ2n) is 11.1. The number of piperidine rings is 1.